The molecule has 0 bridgehead atoms. The second kappa shape index (κ2) is 5.58. The molecule has 2 rings (SSSR count). The van der Waals surface area contributed by atoms with Crippen LogP contribution in [0.5, 0.6) is 0 Å². The third-order valence-electron chi connectivity index (χ3n) is 3.12. The summed E-state index contributed by atoms with van der Waals surface area (Å²) in [5.74, 6) is 0.491. The second-order valence-electron chi connectivity index (χ2n) is 4.70. The van der Waals surface area contributed by atoms with Gasteiger partial charge in [0, 0.05) is 18.3 Å². The van der Waals surface area contributed by atoms with E-state index < -0.39 is 6.55 Å². The Morgan fingerprint density at radius 2 is 1.95 bits per heavy atom. The number of nitrogens with one attached hydrogen (secondary N) is 1. The Kier molecular flexibility index (Phi) is 4.01. The van der Waals surface area contributed by atoms with Crippen molar-refractivity contribution in [3.8, 4) is 0 Å². The van der Waals surface area contributed by atoms with E-state index in [1.807, 2.05) is 0 Å². The van der Waals surface area contributed by atoms with Gasteiger partial charge in [0.1, 0.15) is 5.82 Å². The zero-order chi connectivity index (χ0) is 15.7. The molecule has 0 spiro atoms. The number of amides is 1. The van der Waals surface area contributed by atoms with Crippen LogP contribution in [0.15, 0.2) is 0 Å². The summed E-state index contributed by atoms with van der Waals surface area (Å²) >= 11 is 0. The van der Waals surface area contributed by atoms with Gasteiger partial charge in [-0.05, 0) is 20.8 Å². The normalized spacial score (nSPS) is 11.2. The number of rotatable bonds is 4. The van der Waals surface area contributed by atoms with Gasteiger partial charge in [0.25, 0.3) is 0 Å². The van der Waals surface area contributed by atoms with Crippen molar-refractivity contribution >= 4 is 11.9 Å². The number of aryl methyl sites for hydroxylation is 3. The lowest BCUT2D eigenvalue weighted by Gasteiger charge is -2.05. The van der Waals surface area contributed by atoms with Gasteiger partial charge in [-0.25, -0.2) is 9.36 Å². The predicted molar refractivity (Wildman–Crippen MR) is 71.0 cm³/mol. The summed E-state index contributed by atoms with van der Waals surface area (Å²) < 4.78 is 27.5. The predicted octanol–water partition coefficient (Wildman–Crippen LogP) is 1.51. The lowest BCUT2D eigenvalue weighted by molar-refractivity contribution is -0.115. The van der Waals surface area contributed by atoms with Crippen molar-refractivity contribution in [2.24, 2.45) is 7.05 Å². The van der Waals surface area contributed by atoms with E-state index in [4.69, 9.17) is 0 Å². The van der Waals surface area contributed by atoms with Crippen LogP contribution in [0.3, 0.4) is 0 Å². The summed E-state index contributed by atoms with van der Waals surface area (Å²) in [5.41, 5.74) is 1.19. The number of nitrogens with zero attached hydrogens (tertiary/aromatic N) is 5. The Bertz CT molecular complexity index is 676. The first-order chi connectivity index (χ1) is 9.79. The number of carbonyl (C=O) groups is 1. The number of hydrogen-bond donors (Lipinski definition) is 1. The summed E-state index contributed by atoms with van der Waals surface area (Å²) in [4.78, 5) is 16.1. The summed E-state index contributed by atoms with van der Waals surface area (Å²) in [6.07, 6.45) is -0.0453. The van der Waals surface area contributed by atoms with E-state index in [1.165, 1.54) is 11.6 Å². The Labute approximate surface area is 120 Å². The molecule has 0 fully saturated rings. The van der Waals surface area contributed by atoms with E-state index in [0.29, 0.717) is 27.7 Å². The molecule has 1 amide bonds. The summed E-state index contributed by atoms with van der Waals surface area (Å²) in [7, 11) is 1.65. The number of anilines is 1. The summed E-state index contributed by atoms with van der Waals surface area (Å²) in [6, 6.07) is 0. The average Bonchev–Trinajstić information content (AvgIpc) is 2.83. The Morgan fingerprint density at radius 3 is 2.43 bits per heavy atom. The number of aromatic nitrogens is 5. The molecule has 1 N–H and O–H groups in total. The molecule has 7 nitrogen and oxygen atoms in total. The van der Waals surface area contributed by atoms with E-state index in [1.54, 1.807) is 20.9 Å². The first-order valence-corrected chi connectivity index (χ1v) is 6.29. The highest BCUT2D eigenvalue weighted by molar-refractivity contribution is 5.91. The van der Waals surface area contributed by atoms with Gasteiger partial charge >= 0.3 is 6.55 Å². The first-order valence-electron chi connectivity index (χ1n) is 6.29. The quantitative estimate of drug-likeness (QED) is 0.928. The maximum absolute atomic E-state index is 12.7. The van der Waals surface area contributed by atoms with E-state index in [9.17, 15) is 13.6 Å². The van der Waals surface area contributed by atoms with Crippen molar-refractivity contribution in [2.45, 2.75) is 33.7 Å². The molecule has 0 aliphatic heterocycles. The SMILES string of the molecule is Cc1nc(NC(=O)Cc2c(C)nn(C(F)F)c2C)n(C)n1. The van der Waals surface area contributed by atoms with Gasteiger partial charge in [0.2, 0.25) is 11.9 Å². The maximum Gasteiger partial charge on any atom is 0.333 e. The van der Waals surface area contributed by atoms with Crippen LogP contribution in [0, 0.1) is 20.8 Å². The van der Waals surface area contributed by atoms with Crippen molar-refractivity contribution < 1.29 is 13.6 Å². The molecular formula is C12H16F2N6O. The molecule has 0 saturated carbocycles. The van der Waals surface area contributed by atoms with E-state index >= 15 is 0 Å². The Hall–Kier alpha value is -2.32. The lowest BCUT2D eigenvalue weighted by atomic mass is 10.1. The molecule has 0 saturated heterocycles. The molecule has 9 heteroatoms. The van der Waals surface area contributed by atoms with Crippen LogP contribution < -0.4 is 5.32 Å². The van der Waals surface area contributed by atoms with Gasteiger partial charge in [-0.15, -0.1) is 0 Å². The molecule has 114 valence electrons. The molecule has 2 heterocycles. The second-order valence-corrected chi connectivity index (χ2v) is 4.70. The van der Waals surface area contributed by atoms with Crippen LogP contribution in [0.2, 0.25) is 0 Å². The standard InChI is InChI=1S/C12H16F2N6O/c1-6-9(7(2)20(17-6)11(13)14)5-10(21)16-12-15-8(3)18-19(12)4/h11H,5H2,1-4H3,(H,15,16,18,21). The molecule has 2 aromatic heterocycles. The highest BCUT2D eigenvalue weighted by Gasteiger charge is 2.19. The smallest absolute Gasteiger partial charge is 0.294 e. The third kappa shape index (κ3) is 3.06. The highest BCUT2D eigenvalue weighted by Crippen LogP contribution is 2.20. The van der Waals surface area contributed by atoms with E-state index in [0.717, 1.165) is 0 Å². The number of hydrogen-bond acceptors (Lipinski definition) is 4. The minimum Gasteiger partial charge on any atom is -0.294 e. The molecule has 0 aromatic carbocycles. The Balaban J connectivity index is 2.15. The largest absolute Gasteiger partial charge is 0.333 e. The van der Waals surface area contributed by atoms with Gasteiger partial charge in [0.05, 0.1) is 12.1 Å². The van der Waals surface area contributed by atoms with Crippen molar-refractivity contribution in [3.63, 3.8) is 0 Å². The molecular weight excluding hydrogens is 282 g/mol. The van der Waals surface area contributed by atoms with Crippen LogP contribution in [-0.4, -0.2) is 30.5 Å². The van der Waals surface area contributed by atoms with Crippen LogP contribution in [0.4, 0.5) is 14.7 Å². The molecule has 0 radical (unpaired) electrons. The van der Waals surface area contributed by atoms with E-state index in [2.05, 4.69) is 20.5 Å². The fourth-order valence-corrected chi connectivity index (χ4v) is 2.09. The number of alkyl halides is 2. The lowest BCUT2D eigenvalue weighted by Crippen LogP contribution is -2.18. The Morgan fingerprint density at radius 1 is 1.29 bits per heavy atom. The zero-order valence-electron chi connectivity index (χ0n) is 12.2. The molecule has 2 aromatic rings. The topological polar surface area (TPSA) is 77.6 Å². The van der Waals surface area contributed by atoms with Gasteiger partial charge in [-0.1, -0.05) is 0 Å². The van der Waals surface area contributed by atoms with Gasteiger partial charge in [-0.2, -0.15) is 24.0 Å². The van der Waals surface area contributed by atoms with Gasteiger partial charge in [0.15, 0.2) is 0 Å². The van der Waals surface area contributed by atoms with Crippen LogP contribution in [0.1, 0.15) is 29.3 Å². The van der Waals surface area contributed by atoms with Crippen LogP contribution in [-0.2, 0) is 18.3 Å². The van der Waals surface area contributed by atoms with Crippen molar-refractivity contribution in [1.29, 1.82) is 0 Å². The van der Waals surface area contributed by atoms with Crippen molar-refractivity contribution in [3.05, 3.63) is 22.8 Å². The summed E-state index contributed by atoms with van der Waals surface area (Å²) in [6.45, 7) is 2.10. The third-order valence-corrected chi connectivity index (χ3v) is 3.12. The minimum atomic E-state index is -2.72. The van der Waals surface area contributed by atoms with E-state index in [-0.39, 0.29) is 18.0 Å². The van der Waals surface area contributed by atoms with Crippen molar-refractivity contribution in [1.82, 2.24) is 24.5 Å². The van der Waals surface area contributed by atoms with Crippen LogP contribution in [0.25, 0.3) is 0 Å². The molecule has 0 aliphatic carbocycles. The molecule has 21 heavy (non-hydrogen) atoms. The molecule has 0 aliphatic rings. The van der Waals surface area contributed by atoms with Gasteiger partial charge in [-0.3, -0.25) is 10.1 Å². The summed E-state index contributed by atoms with van der Waals surface area (Å²) in [5, 5.41) is 10.4. The molecule has 0 atom stereocenters. The first kappa shape index (κ1) is 15.1. The molecule has 0 unspecified atom stereocenters. The van der Waals surface area contributed by atoms with Crippen molar-refractivity contribution in [2.75, 3.05) is 5.32 Å². The number of halogens is 2. The fourth-order valence-electron chi connectivity index (χ4n) is 2.09. The zero-order valence-corrected chi connectivity index (χ0v) is 12.2. The minimum absolute atomic E-state index is 0.0453. The maximum atomic E-state index is 12.7. The monoisotopic (exact) mass is 298 g/mol. The fraction of sp³-hybridized carbons (Fsp3) is 0.500. The van der Waals surface area contributed by atoms with Crippen LogP contribution >= 0.6 is 0 Å². The van der Waals surface area contributed by atoms with Gasteiger partial charge < -0.3 is 0 Å². The number of carbonyl (C=O) groups excluding carboxylic acids is 1. The highest BCUT2D eigenvalue weighted by atomic mass is 19.3. The average molecular weight is 298 g/mol.